The molecule has 1 saturated carbocycles. The fourth-order valence-electron chi connectivity index (χ4n) is 2.19. The number of hydrogen-bond donors (Lipinski definition) is 0. The predicted octanol–water partition coefficient (Wildman–Crippen LogP) is 3.65. The highest BCUT2D eigenvalue weighted by molar-refractivity contribution is 5.72. The van der Waals surface area contributed by atoms with Crippen LogP contribution in [0.1, 0.15) is 53.4 Å². The van der Waals surface area contributed by atoms with Crippen LogP contribution in [0.15, 0.2) is 0 Å². The standard InChI is InChI=1S/C11H20O2.C2H6/c1-8(2)9-4-6-10(7-5-9)11(12)13-3;1-2/h8-10H,4-7H2,1-3H3;1-2H3. The summed E-state index contributed by atoms with van der Waals surface area (Å²) in [5.74, 6) is 1.75. The van der Waals surface area contributed by atoms with Gasteiger partial charge < -0.3 is 4.74 Å². The average molecular weight is 214 g/mol. The summed E-state index contributed by atoms with van der Waals surface area (Å²) in [6.45, 7) is 8.53. The molecular weight excluding hydrogens is 188 g/mol. The molecule has 0 aromatic heterocycles. The second kappa shape index (κ2) is 7.72. The number of ether oxygens (including phenoxy) is 1. The van der Waals surface area contributed by atoms with Gasteiger partial charge in [-0.2, -0.15) is 0 Å². The molecule has 0 amide bonds. The van der Waals surface area contributed by atoms with Gasteiger partial charge in [0.05, 0.1) is 13.0 Å². The molecule has 0 aromatic carbocycles. The molecule has 0 spiro atoms. The van der Waals surface area contributed by atoms with Crippen LogP contribution in [0.25, 0.3) is 0 Å². The maximum Gasteiger partial charge on any atom is 0.308 e. The molecule has 1 fully saturated rings. The molecule has 0 atom stereocenters. The third-order valence-corrected chi connectivity index (χ3v) is 3.25. The minimum absolute atomic E-state index is 0.0118. The SMILES string of the molecule is CC.COC(=O)C1CCC(C(C)C)CC1. The first-order chi connectivity index (χ1) is 7.15. The Morgan fingerprint density at radius 1 is 1.13 bits per heavy atom. The number of esters is 1. The highest BCUT2D eigenvalue weighted by Crippen LogP contribution is 2.33. The molecule has 15 heavy (non-hydrogen) atoms. The van der Waals surface area contributed by atoms with Crippen LogP contribution >= 0.6 is 0 Å². The highest BCUT2D eigenvalue weighted by atomic mass is 16.5. The molecule has 2 heteroatoms. The molecule has 1 rings (SSSR count). The van der Waals surface area contributed by atoms with Crippen LogP contribution in [0.5, 0.6) is 0 Å². The minimum Gasteiger partial charge on any atom is -0.469 e. The molecule has 0 aromatic rings. The first kappa shape index (κ1) is 14.5. The molecule has 0 N–H and O–H groups in total. The van der Waals surface area contributed by atoms with E-state index < -0.39 is 0 Å². The summed E-state index contributed by atoms with van der Waals surface area (Å²) in [7, 11) is 1.48. The normalized spacial score (nSPS) is 25.5. The number of rotatable bonds is 2. The van der Waals surface area contributed by atoms with Gasteiger partial charge >= 0.3 is 5.97 Å². The van der Waals surface area contributed by atoms with E-state index in [1.165, 1.54) is 20.0 Å². The number of carbonyl (C=O) groups is 1. The van der Waals surface area contributed by atoms with Crippen molar-refractivity contribution in [2.75, 3.05) is 7.11 Å². The Morgan fingerprint density at radius 3 is 1.93 bits per heavy atom. The molecule has 0 heterocycles. The van der Waals surface area contributed by atoms with Gasteiger partial charge in [0, 0.05) is 0 Å². The summed E-state index contributed by atoms with van der Waals surface area (Å²) in [6, 6.07) is 0. The van der Waals surface area contributed by atoms with Crippen LogP contribution in [0.4, 0.5) is 0 Å². The van der Waals surface area contributed by atoms with Crippen molar-refractivity contribution in [2.24, 2.45) is 17.8 Å². The van der Waals surface area contributed by atoms with Gasteiger partial charge in [-0.05, 0) is 37.5 Å². The molecule has 1 aliphatic rings. The Morgan fingerprint density at radius 2 is 1.60 bits per heavy atom. The van der Waals surface area contributed by atoms with Gasteiger partial charge in [0.25, 0.3) is 0 Å². The Kier molecular flexibility index (Phi) is 7.45. The molecule has 0 aliphatic heterocycles. The number of hydrogen-bond acceptors (Lipinski definition) is 2. The van der Waals surface area contributed by atoms with E-state index in [2.05, 4.69) is 13.8 Å². The third-order valence-electron chi connectivity index (χ3n) is 3.25. The lowest BCUT2D eigenvalue weighted by Crippen LogP contribution is -2.24. The van der Waals surface area contributed by atoms with Crippen molar-refractivity contribution < 1.29 is 9.53 Å². The maximum atomic E-state index is 11.2. The van der Waals surface area contributed by atoms with Gasteiger partial charge in [0.1, 0.15) is 0 Å². The Bertz CT molecular complexity index is 167. The number of methoxy groups -OCH3 is 1. The number of carbonyl (C=O) groups excluding carboxylic acids is 1. The molecule has 0 unspecified atom stereocenters. The van der Waals surface area contributed by atoms with Crippen molar-refractivity contribution in [2.45, 2.75) is 53.4 Å². The van der Waals surface area contributed by atoms with Gasteiger partial charge in [0.2, 0.25) is 0 Å². The van der Waals surface area contributed by atoms with Crippen LogP contribution in [-0.2, 0) is 9.53 Å². The van der Waals surface area contributed by atoms with Crippen LogP contribution in [-0.4, -0.2) is 13.1 Å². The fraction of sp³-hybridized carbons (Fsp3) is 0.923. The predicted molar refractivity (Wildman–Crippen MR) is 63.7 cm³/mol. The zero-order chi connectivity index (χ0) is 11.8. The Balaban J connectivity index is 0.000000921. The van der Waals surface area contributed by atoms with E-state index >= 15 is 0 Å². The lowest BCUT2D eigenvalue weighted by molar-refractivity contribution is -0.146. The van der Waals surface area contributed by atoms with Gasteiger partial charge in [-0.25, -0.2) is 0 Å². The van der Waals surface area contributed by atoms with Crippen molar-refractivity contribution in [1.29, 1.82) is 0 Å². The van der Waals surface area contributed by atoms with Crippen molar-refractivity contribution >= 4 is 5.97 Å². The second-order valence-corrected chi connectivity index (χ2v) is 4.38. The first-order valence-electron chi connectivity index (χ1n) is 6.23. The Hall–Kier alpha value is -0.530. The van der Waals surface area contributed by atoms with E-state index in [1.54, 1.807) is 0 Å². The average Bonchev–Trinajstić information content (AvgIpc) is 2.31. The summed E-state index contributed by atoms with van der Waals surface area (Å²) >= 11 is 0. The topological polar surface area (TPSA) is 26.3 Å². The lowest BCUT2D eigenvalue weighted by Gasteiger charge is -2.29. The van der Waals surface area contributed by atoms with Crippen molar-refractivity contribution in [3.8, 4) is 0 Å². The van der Waals surface area contributed by atoms with E-state index in [0.717, 1.165) is 24.7 Å². The van der Waals surface area contributed by atoms with Gasteiger partial charge in [-0.3, -0.25) is 4.79 Å². The van der Waals surface area contributed by atoms with Crippen LogP contribution in [0.2, 0.25) is 0 Å². The highest BCUT2D eigenvalue weighted by Gasteiger charge is 2.27. The third kappa shape index (κ3) is 4.67. The molecular formula is C13H26O2. The molecule has 2 nitrogen and oxygen atoms in total. The monoisotopic (exact) mass is 214 g/mol. The lowest BCUT2D eigenvalue weighted by atomic mass is 9.77. The smallest absolute Gasteiger partial charge is 0.308 e. The first-order valence-corrected chi connectivity index (χ1v) is 6.23. The zero-order valence-corrected chi connectivity index (χ0v) is 10.9. The van der Waals surface area contributed by atoms with E-state index in [4.69, 9.17) is 4.74 Å². The van der Waals surface area contributed by atoms with E-state index in [1.807, 2.05) is 13.8 Å². The van der Waals surface area contributed by atoms with E-state index in [9.17, 15) is 4.79 Å². The van der Waals surface area contributed by atoms with Gasteiger partial charge in [0.15, 0.2) is 0 Å². The summed E-state index contributed by atoms with van der Waals surface area (Å²) in [4.78, 5) is 11.2. The minimum atomic E-state index is -0.0118. The van der Waals surface area contributed by atoms with Gasteiger partial charge in [-0.15, -0.1) is 0 Å². The maximum absolute atomic E-state index is 11.2. The molecule has 0 saturated heterocycles. The van der Waals surface area contributed by atoms with Crippen LogP contribution < -0.4 is 0 Å². The van der Waals surface area contributed by atoms with Crippen molar-refractivity contribution in [1.82, 2.24) is 0 Å². The van der Waals surface area contributed by atoms with Gasteiger partial charge in [-0.1, -0.05) is 27.7 Å². The van der Waals surface area contributed by atoms with Crippen molar-refractivity contribution in [3.63, 3.8) is 0 Å². The zero-order valence-electron chi connectivity index (χ0n) is 10.9. The molecule has 0 radical (unpaired) electrons. The summed E-state index contributed by atoms with van der Waals surface area (Å²) in [5.41, 5.74) is 0. The van der Waals surface area contributed by atoms with Crippen LogP contribution in [0, 0.1) is 17.8 Å². The summed E-state index contributed by atoms with van der Waals surface area (Å²) < 4.78 is 4.75. The summed E-state index contributed by atoms with van der Waals surface area (Å²) in [5, 5.41) is 0. The van der Waals surface area contributed by atoms with Crippen molar-refractivity contribution in [3.05, 3.63) is 0 Å². The quantitative estimate of drug-likeness (QED) is 0.656. The Labute approximate surface area is 94.4 Å². The van der Waals surface area contributed by atoms with E-state index in [0.29, 0.717) is 0 Å². The van der Waals surface area contributed by atoms with Crippen LogP contribution in [0.3, 0.4) is 0 Å². The second-order valence-electron chi connectivity index (χ2n) is 4.38. The molecule has 0 bridgehead atoms. The summed E-state index contributed by atoms with van der Waals surface area (Å²) in [6.07, 6.45) is 4.43. The largest absolute Gasteiger partial charge is 0.469 e. The molecule has 90 valence electrons. The van der Waals surface area contributed by atoms with E-state index in [-0.39, 0.29) is 11.9 Å². The fourth-order valence-corrected chi connectivity index (χ4v) is 2.19. The molecule has 1 aliphatic carbocycles.